The Morgan fingerprint density at radius 1 is 1.67 bits per heavy atom. The average molecular weight is 182 g/mol. The number of hydrogen-bond acceptors (Lipinski definition) is 3. The molecule has 1 heterocycles. The van der Waals surface area contributed by atoms with Gasteiger partial charge < -0.3 is 5.32 Å². The lowest BCUT2D eigenvalue weighted by molar-refractivity contribution is 0.551. The number of nitrogens with one attached hydrogen (secondary N) is 1. The van der Waals surface area contributed by atoms with Crippen molar-refractivity contribution in [2.75, 3.05) is 7.05 Å². The summed E-state index contributed by atoms with van der Waals surface area (Å²) in [5.74, 6) is 0. The molecule has 0 aromatic carbocycles. The molecular weight excluding hydrogens is 168 g/mol. The first-order chi connectivity index (χ1) is 5.76. The molecule has 1 aromatic heterocycles. The zero-order valence-electron chi connectivity index (χ0n) is 7.55. The normalized spacial score (nSPS) is 19.5. The van der Waals surface area contributed by atoms with Gasteiger partial charge in [-0.25, -0.2) is 4.98 Å². The molecular formula is C9H14N2S. The number of nitrogens with zero attached hydrogens (tertiary/aromatic N) is 1. The van der Waals surface area contributed by atoms with E-state index in [0.29, 0.717) is 5.54 Å². The van der Waals surface area contributed by atoms with Crippen LogP contribution in [0.5, 0.6) is 0 Å². The van der Waals surface area contributed by atoms with E-state index in [-0.39, 0.29) is 0 Å². The van der Waals surface area contributed by atoms with E-state index in [1.165, 1.54) is 29.8 Å². The SMILES string of the molecule is CNC1(Cc2scnc2C)CC1. The fourth-order valence-electron chi connectivity index (χ4n) is 1.47. The summed E-state index contributed by atoms with van der Waals surface area (Å²) in [7, 11) is 2.06. The minimum absolute atomic E-state index is 0.428. The molecule has 12 heavy (non-hydrogen) atoms. The largest absolute Gasteiger partial charge is 0.314 e. The van der Waals surface area contributed by atoms with Gasteiger partial charge in [0, 0.05) is 16.8 Å². The van der Waals surface area contributed by atoms with Crippen molar-refractivity contribution >= 4 is 11.3 Å². The third-order valence-corrected chi connectivity index (χ3v) is 3.66. The molecule has 0 radical (unpaired) electrons. The summed E-state index contributed by atoms with van der Waals surface area (Å²) in [5, 5.41) is 3.40. The van der Waals surface area contributed by atoms with Crippen LogP contribution in [0.2, 0.25) is 0 Å². The quantitative estimate of drug-likeness (QED) is 0.770. The summed E-state index contributed by atoms with van der Waals surface area (Å²) in [6, 6.07) is 0. The van der Waals surface area contributed by atoms with Gasteiger partial charge in [-0.15, -0.1) is 11.3 Å². The Bertz CT molecular complexity index is 276. The van der Waals surface area contributed by atoms with E-state index in [2.05, 4.69) is 24.3 Å². The summed E-state index contributed by atoms with van der Waals surface area (Å²) < 4.78 is 0. The van der Waals surface area contributed by atoms with E-state index in [0.717, 1.165) is 0 Å². The number of thiazole rings is 1. The maximum atomic E-state index is 4.25. The molecule has 1 fully saturated rings. The Balaban J connectivity index is 2.08. The van der Waals surface area contributed by atoms with E-state index >= 15 is 0 Å². The molecule has 2 rings (SSSR count). The van der Waals surface area contributed by atoms with Crippen molar-refractivity contribution in [3.05, 3.63) is 16.1 Å². The van der Waals surface area contributed by atoms with Gasteiger partial charge in [0.05, 0.1) is 11.2 Å². The van der Waals surface area contributed by atoms with Crippen molar-refractivity contribution in [1.29, 1.82) is 0 Å². The molecule has 0 aliphatic heterocycles. The van der Waals surface area contributed by atoms with Crippen LogP contribution in [0.15, 0.2) is 5.51 Å². The van der Waals surface area contributed by atoms with Gasteiger partial charge in [0.15, 0.2) is 0 Å². The third kappa shape index (κ3) is 1.39. The second-order valence-corrected chi connectivity index (χ2v) is 4.51. The number of likely N-dealkylation sites (N-methyl/N-ethyl adjacent to an activating group) is 1. The van der Waals surface area contributed by atoms with Crippen molar-refractivity contribution in [2.24, 2.45) is 0 Å². The molecule has 3 heteroatoms. The first-order valence-electron chi connectivity index (χ1n) is 4.34. The van der Waals surface area contributed by atoms with Crippen LogP contribution in [0.1, 0.15) is 23.4 Å². The molecule has 0 atom stereocenters. The monoisotopic (exact) mass is 182 g/mol. The molecule has 2 nitrogen and oxygen atoms in total. The Kier molecular flexibility index (Phi) is 1.93. The van der Waals surface area contributed by atoms with E-state index < -0.39 is 0 Å². The Labute approximate surface area is 77.0 Å². The lowest BCUT2D eigenvalue weighted by Gasteiger charge is -2.12. The van der Waals surface area contributed by atoms with Gasteiger partial charge in [0.2, 0.25) is 0 Å². The van der Waals surface area contributed by atoms with E-state index in [9.17, 15) is 0 Å². The van der Waals surface area contributed by atoms with Gasteiger partial charge >= 0.3 is 0 Å². The Hall–Kier alpha value is -0.410. The number of hydrogen-bond donors (Lipinski definition) is 1. The smallest absolute Gasteiger partial charge is 0.0797 e. The maximum Gasteiger partial charge on any atom is 0.0797 e. The van der Waals surface area contributed by atoms with E-state index in [1.54, 1.807) is 11.3 Å². The fraction of sp³-hybridized carbons (Fsp3) is 0.667. The fourth-order valence-corrected chi connectivity index (χ4v) is 2.39. The van der Waals surface area contributed by atoms with Crippen LogP contribution in [-0.4, -0.2) is 17.6 Å². The molecule has 1 saturated carbocycles. The van der Waals surface area contributed by atoms with Gasteiger partial charge in [-0.1, -0.05) is 0 Å². The van der Waals surface area contributed by atoms with Gasteiger partial charge in [-0.3, -0.25) is 0 Å². The Morgan fingerprint density at radius 2 is 2.42 bits per heavy atom. The van der Waals surface area contributed by atoms with E-state index in [4.69, 9.17) is 0 Å². The van der Waals surface area contributed by atoms with Crippen molar-refractivity contribution < 1.29 is 0 Å². The van der Waals surface area contributed by atoms with Crippen molar-refractivity contribution in [3.8, 4) is 0 Å². The van der Waals surface area contributed by atoms with Crippen molar-refractivity contribution in [2.45, 2.75) is 31.7 Å². The number of aromatic nitrogens is 1. The molecule has 66 valence electrons. The predicted molar refractivity (Wildman–Crippen MR) is 51.6 cm³/mol. The molecule has 1 N–H and O–H groups in total. The molecule has 1 aromatic rings. The van der Waals surface area contributed by atoms with Gasteiger partial charge in [0.1, 0.15) is 0 Å². The summed E-state index contributed by atoms with van der Waals surface area (Å²) >= 11 is 1.78. The standard InChI is InChI=1S/C9H14N2S/c1-7-8(12-6-11-7)5-9(10-2)3-4-9/h6,10H,3-5H2,1-2H3. The molecule has 1 aliphatic carbocycles. The highest BCUT2D eigenvalue weighted by molar-refractivity contribution is 7.09. The zero-order chi connectivity index (χ0) is 8.60. The molecule has 0 amide bonds. The van der Waals surface area contributed by atoms with Crippen LogP contribution in [0.25, 0.3) is 0 Å². The average Bonchev–Trinajstić information content (AvgIpc) is 2.74. The predicted octanol–water partition coefficient (Wildman–Crippen LogP) is 1.75. The molecule has 0 spiro atoms. The first-order valence-corrected chi connectivity index (χ1v) is 5.22. The van der Waals surface area contributed by atoms with Crippen LogP contribution in [0.4, 0.5) is 0 Å². The van der Waals surface area contributed by atoms with E-state index in [1.807, 2.05) is 5.51 Å². The maximum absolute atomic E-state index is 4.25. The highest BCUT2D eigenvalue weighted by Crippen LogP contribution is 2.39. The van der Waals surface area contributed by atoms with Crippen LogP contribution in [-0.2, 0) is 6.42 Å². The van der Waals surface area contributed by atoms with Crippen LogP contribution in [0.3, 0.4) is 0 Å². The van der Waals surface area contributed by atoms with Crippen molar-refractivity contribution in [3.63, 3.8) is 0 Å². The van der Waals surface area contributed by atoms with Crippen LogP contribution < -0.4 is 5.32 Å². The molecule has 0 unspecified atom stereocenters. The topological polar surface area (TPSA) is 24.9 Å². The highest BCUT2D eigenvalue weighted by Gasteiger charge is 2.41. The number of rotatable bonds is 3. The van der Waals surface area contributed by atoms with Gasteiger partial charge in [0.25, 0.3) is 0 Å². The second kappa shape index (κ2) is 2.82. The Morgan fingerprint density at radius 3 is 2.83 bits per heavy atom. The minimum Gasteiger partial charge on any atom is -0.314 e. The summed E-state index contributed by atoms with van der Waals surface area (Å²) in [5.41, 5.74) is 3.58. The third-order valence-electron chi connectivity index (χ3n) is 2.73. The first kappa shape index (κ1) is 8.20. The molecule has 0 bridgehead atoms. The van der Waals surface area contributed by atoms with Crippen molar-refractivity contribution in [1.82, 2.24) is 10.3 Å². The van der Waals surface area contributed by atoms with Gasteiger partial charge in [-0.05, 0) is 26.8 Å². The van der Waals surface area contributed by atoms with Gasteiger partial charge in [-0.2, -0.15) is 0 Å². The zero-order valence-corrected chi connectivity index (χ0v) is 8.37. The summed E-state index contributed by atoms with van der Waals surface area (Å²) in [6.45, 7) is 2.09. The number of aryl methyl sites for hydroxylation is 1. The lowest BCUT2D eigenvalue weighted by Crippen LogP contribution is -2.29. The second-order valence-electron chi connectivity index (χ2n) is 3.57. The van der Waals surface area contributed by atoms with Crippen LogP contribution in [0, 0.1) is 6.92 Å². The highest BCUT2D eigenvalue weighted by atomic mass is 32.1. The lowest BCUT2D eigenvalue weighted by atomic mass is 10.1. The molecule has 1 aliphatic rings. The summed E-state index contributed by atoms with van der Waals surface area (Å²) in [4.78, 5) is 5.70. The molecule has 0 saturated heterocycles. The summed E-state index contributed by atoms with van der Waals surface area (Å²) in [6.07, 6.45) is 3.81. The van der Waals surface area contributed by atoms with Crippen LogP contribution >= 0.6 is 11.3 Å². The minimum atomic E-state index is 0.428.